The van der Waals surface area contributed by atoms with Crippen LogP contribution in [0.5, 0.6) is 0 Å². The zero-order chi connectivity index (χ0) is 20.3. The summed E-state index contributed by atoms with van der Waals surface area (Å²) in [5, 5.41) is 6.77. The molecule has 0 unspecified atom stereocenters. The lowest BCUT2D eigenvalue weighted by atomic mass is 10.0. The second kappa shape index (κ2) is 8.12. The Morgan fingerprint density at radius 2 is 1.82 bits per heavy atom. The molecule has 0 aliphatic carbocycles. The van der Waals surface area contributed by atoms with Crippen molar-refractivity contribution in [3.63, 3.8) is 0 Å². The average Bonchev–Trinajstić information content (AvgIpc) is 2.65. The molecule has 0 saturated heterocycles. The number of amides is 1. The van der Waals surface area contributed by atoms with Gasteiger partial charge in [0, 0.05) is 29.8 Å². The molecule has 0 radical (unpaired) electrons. The van der Waals surface area contributed by atoms with Gasteiger partial charge in [-0.25, -0.2) is 13.5 Å². The summed E-state index contributed by atoms with van der Waals surface area (Å²) in [5.74, 6) is -1.94. The summed E-state index contributed by atoms with van der Waals surface area (Å²) in [6.45, 7) is 3.56. The number of hydrogen-bond acceptors (Lipinski definition) is 3. The average molecular weight is 383 g/mol. The van der Waals surface area contributed by atoms with Gasteiger partial charge in [0.15, 0.2) is 0 Å². The molecule has 28 heavy (non-hydrogen) atoms. The van der Waals surface area contributed by atoms with Crippen molar-refractivity contribution < 1.29 is 13.6 Å². The Kier molecular flexibility index (Phi) is 5.63. The topological polar surface area (TPSA) is 64.0 Å². The molecule has 0 spiro atoms. The molecule has 3 aromatic rings. The summed E-state index contributed by atoms with van der Waals surface area (Å²) >= 11 is 0. The van der Waals surface area contributed by atoms with Gasteiger partial charge in [0.2, 0.25) is 5.91 Å². The first-order valence-corrected chi connectivity index (χ1v) is 8.70. The van der Waals surface area contributed by atoms with E-state index in [1.807, 2.05) is 32.0 Å². The van der Waals surface area contributed by atoms with E-state index < -0.39 is 23.1 Å². The third kappa shape index (κ3) is 4.49. The minimum Gasteiger partial charge on any atom is -0.350 e. The Morgan fingerprint density at radius 3 is 2.54 bits per heavy atom. The number of nitrogens with zero attached hydrogens (tertiary/aromatic N) is 2. The van der Waals surface area contributed by atoms with E-state index >= 15 is 0 Å². The van der Waals surface area contributed by atoms with Crippen LogP contribution in [-0.4, -0.2) is 15.7 Å². The van der Waals surface area contributed by atoms with Crippen molar-refractivity contribution in [1.82, 2.24) is 15.1 Å². The standard InChI is InChI=1S/C21H19F2N3O2/c1-13-3-4-15(9-14(13)2)19-7-8-21(28)26(25-19)12-20(27)24-11-16-5-6-17(22)10-18(16)23/h3-10H,11-12H2,1-2H3,(H,24,27). The number of aromatic nitrogens is 2. The van der Waals surface area contributed by atoms with Crippen molar-refractivity contribution in [2.45, 2.75) is 26.9 Å². The third-order valence-electron chi connectivity index (χ3n) is 4.45. The second-order valence-electron chi connectivity index (χ2n) is 6.53. The highest BCUT2D eigenvalue weighted by molar-refractivity contribution is 5.75. The first-order chi connectivity index (χ1) is 13.3. The number of benzene rings is 2. The lowest BCUT2D eigenvalue weighted by molar-refractivity contribution is -0.122. The smallest absolute Gasteiger partial charge is 0.267 e. The number of halogens is 2. The van der Waals surface area contributed by atoms with Crippen LogP contribution in [0.2, 0.25) is 0 Å². The number of carbonyl (C=O) groups excluding carboxylic acids is 1. The van der Waals surface area contributed by atoms with Crippen molar-refractivity contribution in [3.8, 4) is 11.3 Å². The summed E-state index contributed by atoms with van der Waals surface area (Å²) in [7, 11) is 0. The van der Waals surface area contributed by atoms with Crippen LogP contribution >= 0.6 is 0 Å². The summed E-state index contributed by atoms with van der Waals surface area (Å²) < 4.78 is 27.6. The highest BCUT2D eigenvalue weighted by Crippen LogP contribution is 2.19. The molecule has 5 nitrogen and oxygen atoms in total. The summed E-state index contributed by atoms with van der Waals surface area (Å²) in [5.41, 5.74) is 3.38. The van der Waals surface area contributed by atoms with Crippen molar-refractivity contribution >= 4 is 5.91 Å². The molecular formula is C21H19F2N3O2. The SMILES string of the molecule is Cc1ccc(-c2ccc(=O)n(CC(=O)NCc3ccc(F)cc3F)n2)cc1C. The normalized spacial score (nSPS) is 10.7. The molecule has 144 valence electrons. The van der Waals surface area contributed by atoms with E-state index in [0.29, 0.717) is 5.69 Å². The Bertz CT molecular complexity index is 1090. The van der Waals surface area contributed by atoms with Gasteiger partial charge in [0.25, 0.3) is 5.56 Å². The summed E-state index contributed by atoms with van der Waals surface area (Å²) in [6, 6.07) is 11.9. The maximum absolute atomic E-state index is 13.6. The van der Waals surface area contributed by atoms with Gasteiger partial charge < -0.3 is 5.32 Å². The van der Waals surface area contributed by atoms with Crippen LogP contribution in [0.1, 0.15) is 16.7 Å². The highest BCUT2D eigenvalue weighted by atomic mass is 19.1. The lowest BCUT2D eigenvalue weighted by Crippen LogP contribution is -2.33. The number of nitrogens with one attached hydrogen (secondary N) is 1. The molecule has 0 atom stereocenters. The monoisotopic (exact) mass is 383 g/mol. The van der Waals surface area contributed by atoms with Gasteiger partial charge in [-0.2, -0.15) is 5.10 Å². The molecule has 0 aliphatic rings. The molecule has 7 heteroatoms. The fourth-order valence-corrected chi connectivity index (χ4v) is 2.67. The molecule has 0 fully saturated rings. The van der Waals surface area contributed by atoms with Gasteiger partial charge >= 0.3 is 0 Å². The lowest BCUT2D eigenvalue weighted by Gasteiger charge is -2.10. The Balaban J connectivity index is 1.73. The van der Waals surface area contributed by atoms with Gasteiger partial charge in [-0.3, -0.25) is 9.59 Å². The van der Waals surface area contributed by atoms with Crippen LogP contribution in [0, 0.1) is 25.5 Å². The minimum atomic E-state index is -0.743. The zero-order valence-electron chi connectivity index (χ0n) is 15.5. The number of rotatable bonds is 5. The van der Waals surface area contributed by atoms with Crippen molar-refractivity contribution in [2.24, 2.45) is 0 Å². The zero-order valence-corrected chi connectivity index (χ0v) is 15.5. The Morgan fingerprint density at radius 1 is 1.04 bits per heavy atom. The van der Waals surface area contributed by atoms with Crippen LogP contribution < -0.4 is 10.9 Å². The third-order valence-corrected chi connectivity index (χ3v) is 4.45. The van der Waals surface area contributed by atoms with E-state index in [0.717, 1.165) is 33.5 Å². The molecule has 0 saturated carbocycles. The van der Waals surface area contributed by atoms with E-state index in [2.05, 4.69) is 10.4 Å². The predicted molar refractivity (Wildman–Crippen MR) is 102 cm³/mol. The Labute approximate surface area is 160 Å². The van der Waals surface area contributed by atoms with Crippen molar-refractivity contribution in [2.75, 3.05) is 0 Å². The maximum Gasteiger partial charge on any atom is 0.267 e. The van der Waals surface area contributed by atoms with E-state index in [9.17, 15) is 18.4 Å². The summed E-state index contributed by atoms with van der Waals surface area (Å²) in [4.78, 5) is 24.2. The molecule has 3 rings (SSSR count). The largest absolute Gasteiger partial charge is 0.350 e. The molecule has 1 aromatic heterocycles. The van der Waals surface area contributed by atoms with Crippen molar-refractivity contribution in [3.05, 3.63) is 87.2 Å². The van der Waals surface area contributed by atoms with Gasteiger partial charge in [0.1, 0.15) is 18.2 Å². The predicted octanol–water partition coefficient (Wildman–Crippen LogP) is 3.12. The van der Waals surface area contributed by atoms with Gasteiger partial charge in [-0.15, -0.1) is 0 Å². The molecule has 0 aliphatic heterocycles. The first kappa shape index (κ1) is 19.4. The molecule has 1 amide bonds. The van der Waals surface area contributed by atoms with E-state index in [-0.39, 0.29) is 18.7 Å². The van der Waals surface area contributed by atoms with Gasteiger partial charge in [0.05, 0.1) is 5.69 Å². The van der Waals surface area contributed by atoms with Crippen LogP contribution in [0.4, 0.5) is 8.78 Å². The van der Waals surface area contributed by atoms with Gasteiger partial charge in [-0.05, 0) is 43.2 Å². The molecule has 0 bridgehead atoms. The maximum atomic E-state index is 13.6. The molecule has 1 N–H and O–H groups in total. The quantitative estimate of drug-likeness (QED) is 0.736. The second-order valence-corrected chi connectivity index (χ2v) is 6.53. The van der Waals surface area contributed by atoms with Crippen molar-refractivity contribution in [1.29, 1.82) is 0 Å². The Hall–Kier alpha value is -3.35. The number of hydrogen-bond donors (Lipinski definition) is 1. The molecule has 1 heterocycles. The van der Waals surface area contributed by atoms with Crippen LogP contribution in [-0.2, 0) is 17.9 Å². The van der Waals surface area contributed by atoms with Crippen LogP contribution in [0.3, 0.4) is 0 Å². The molecule has 2 aromatic carbocycles. The van der Waals surface area contributed by atoms with E-state index in [1.165, 1.54) is 12.1 Å². The van der Waals surface area contributed by atoms with Gasteiger partial charge in [-0.1, -0.05) is 18.2 Å². The minimum absolute atomic E-state index is 0.115. The summed E-state index contributed by atoms with van der Waals surface area (Å²) in [6.07, 6.45) is 0. The first-order valence-electron chi connectivity index (χ1n) is 8.70. The molecular weight excluding hydrogens is 364 g/mol. The van der Waals surface area contributed by atoms with E-state index in [1.54, 1.807) is 6.07 Å². The number of aryl methyl sites for hydroxylation is 2. The van der Waals surface area contributed by atoms with Crippen LogP contribution in [0.15, 0.2) is 53.3 Å². The fraction of sp³-hybridized carbons (Fsp3) is 0.190. The van der Waals surface area contributed by atoms with Crippen LogP contribution in [0.25, 0.3) is 11.3 Å². The number of carbonyl (C=O) groups is 1. The van der Waals surface area contributed by atoms with E-state index in [4.69, 9.17) is 0 Å². The highest BCUT2D eigenvalue weighted by Gasteiger charge is 2.10. The fourth-order valence-electron chi connectivity index (χ4n) is 2.67.